The molecule has 0 N–H and O–H groups in total. The van der Waals surface area contributed by atoms with E-state index in [1.807, 2.05) is 6.20 Å². The Morgan fingerprint density at radius 1 is 1.24 bits per heavy atom. The summed E-state index contributed by atoms with van der Waals surface area (Å²) in [6.07, 6.45) is 5.40. The molecule has 0 aliphatic rings. The summed E-state index contributed by atoms with van der Waals surface area (Å²) in [6.45, 7) is 13.2. The van der Waals surface area contributed by atoms with Gasteiger partial charge in [0.2, 0.25) is 0 Å². The van der Waals surface area contributed by atoms with Gasteiger partial charge >= 0.3 is 0 Å². The van der Waals surface area contributed by atoms with E-state index in [0.29, 0.717) is 5.92 Å². The molecule has 0 amide bonds. The molecule has 0 saturated carbocycles. The Bertz CT molecular complexity index is 364. The molecule has 2 nitrogen and oxygen atoms in total. The van der Waals surface area contributed by atoms with Crippen molar-refractivity contribution in [2.75, 3.05) is 0 Å². The first-order valence-corrected chi connectivity index (χ1v) is 6.76. The van der Waals surface area contributed by atoms with Gasteiger partial charge in [-0.25, -0.2) is 9.97 Å². The summed E-state index contributed by atoms with van der Waals surface area (Å²) in [5.41, 5.74) is 2.63. The van der Waals surface area contributed by atoms with Crippen LogP contribution in [0.5, 0.6) is 0 Å². The van der Waals surface area contributed by atoms with Crippen molar-refractivity contribution in [2.24, 2.45) is 0 Å². The molecule has 1 unspecified atom stereocenters. The molecule has 2 heteroatoms. The van der Waals surface area contributed by atoms with Crippen molar-refractivity contribution in [3.8, 4) is 0 Å². The van der Waals surface area contributed by atoms with Crippen LogP contribution in [0.2, 0.25) is 0 Å². The lowest BCUT2D eigenvalue weighted by Crippen LogP contribution is -2.18. The fraction of sp³-hybridized carbons (Fsp3) is 0.733. The molecule has 1 atom stereocenters. The zero-order valence-electron chi connectivity index (χ0n) is 12.2. The molecule has 0 aliphatic carbocycles. The quantitative estimate of drug-likeness (QED) is 0.778. The van der Waals surface area contributed by atoms with Crippen LogP contribution in [0.3, 0.4) is 0 Å². The van der Waals surface area contributed by atoms with Crippen molar-refractivity contribution >= 4 is 0 Å². The van der Waals surface area contributed by atoms with Gasteiger partial charge in [-0.05, 0) is 24.3 Å². The monoisotopic (exact) mass is 234 g/mol. The normalized spacial score (nSPS) is 13.8. The minimum absolute atomic E-state index is 0.0382. The van der Waals surface area contributed by atoms with Crippen LogP contribution >= 0.6 is 0 Å². The smallest absolute Gasteiger partial charge is 0.133 e. The number of nitrogens with zero attached hydrogens (tertiary/aromatic N) is 2. The summed E-state index contributed by atoms with van der Waals surface area (Å²) < 4.78 is 0. The third-order valence-electron chi connectivity index (χ3n) is 3.20. The summed E-state index contributed by atoms with van der Waals surface area (Å²) in [5, 5.41) is 0. The summed E-state index contributed by atoms with van der Waals surface area (Å²) in [4.78, 5) is 9.34. The highest BCUT2D eigenvalue weighted by Crippen LogP contribution is 2.25. The van der Waals surface area contributed by atoms with Gasteiger partial charge in [0, 0.05) is 17.3 Å². The van der Waals surface area contributed by atoms with Gasteiger partial charge in [-0.1, -0.05) is 48.0 Å². The fourth-order valence-electron chi connectivity index (χ4n) is 1.86. The lowest BCUT2D eigenvalue weighted by Gasteiger charge is -2.20. The van der Waals surface area contributed by atoms with E-state index in [9.17, 15) is 0 Å². The topological polar surface area (TPSA) is 25.8 Å². The Hall–Kier alpha value is -0.920. The second-order valence-corrected chi connectivity index (χ2v) is 5.90. The Labute approximate surface area is 106 Å². The summed E-state index contributed by atoms with van der Waals surface area (Å²) in [5.74, 6) is 1.53. The first kappa shape index (κ1) is 14.1. The fourth-order valence-corrected chi connectivity index (χ4v) is 1.86. The highest BCUT2D eigenvalue weighted by atomic mass is 14.9. The SMILES string of the molecule is CCCc1nc(C(C)(C)C)ncc1C(C)CC. The maximum atomic E-state index is 4.79. The van der Waals surface area contributed by atoms with E-state index in [-0.39, 0.29) is 5.41 Å². The van der Waals surface area contributed by atoms with Crippen LogP contribution in [-0.4, -0.2) is 9.97 Å². The van der Waals surface area contributed by atoms with Crippen LogP contribution in [0.25, 0.3) is 0 Å². The maximum absolute atomic E-state index is 4.79. The first-order chi connectivity index (χ1) is 7.90. The molecule has 17 heavy (non-hydrogen) atoms. The molecule has 0 aromatic carbocycles. The molecule has 0 saturated heterocycles. The number of aryl methyl sites for hydroxylation is 1. The summed E-state index contributed by atoms with van der Waals surface area (Å²) in [6, 6.07) is 0. The van der Waals surface area contributed by atoms with Crippen molar-refractivity contribution < 1.29 is 0 Å². The standard InChI is InChI=1S/C15H26N2/c1-7-9-13-12(11(3)8-2)10-16-14(17-13)15(4,5)6/h10-11H,7-9H2,1-6H3. The highest BCUT2D eigenvalue weighted by molar-refractivity contribution is 5.23. The van der Waals surface area contributed by atoms with Crippen molar-refractivity contribution in [1.82, 2.24) is 9.97 Å². The van der Waals surface area contributed by atoms with Gasteiger partial charge < -0.3 is 0 Å². The van der Waals surface area contributed by atoms with Gasteiger partial charge in [0.1, 0.15) is 5.82 Å². The molecule has 0 bridgehead atoms. The molecule has 0 aliphatic heterocycles. The Balaban J connectivity index is 3.17. The van der Waals surface area contributed by atoms with Crippen LogP contribution in [0, 0.1) is 0 Å². The van der Waals surface area contributed by atoms with E-state index in [2.05, 4.69) is 46.5 Å². The van der Waals surface area contributed by atoms with E-state index in [1.54, 1.807) is 0 Å². The molecule has 0 spiro atoms. The van der Waals surface area contributed by atoms with Crippen molar-refractivity contribution in [3.63, 3.8) is 0 Å². The van der Waals surface area contributed by atoms with Gasteiger partial charge in [-0.2, -0.15) is 0 Å². The van der Waals surface area contributed by atoms with Crippen LogP contribution in [0.1, 0.15) is 77.4 Å². The van der Waals surface area contributed by atoms with Crippen LogP contribution in [0.4, 0.5) is 0 Å². The van der Waals surface area contributed by atoms with Crippen molar-refractivity contribution in [1.29, 1.82) is 0 Å². The third kappa shape index (κ3) is 3.52. The summed E-state index contributed by atoms with van der Waals surface area (Å²) in [7, 11) is 0. The van der Waals surface area contributed by atoms with E-state index in [4.69, 9.17) is 4.98 Å². The molecule has 1 heterocycles. The molecule has 1 aromatic rings. The van der Waals surface area contributed by atoms with Gasteiger partial charge in [0.25, 0.3) is 0 Å². The lowest BCUT2D eigenvalue weighted by molar-refractivity contribution is 0.536. The van der Waals surface area contributed by atoms with Gasteiger partial charge in [-0.3, -0.25) is 0 Å². The summed E-state index contributed by atoms with van der Waals surface area (Å²) >= 11 is 0. The highest BCUT2D eigenvalue weighted by Gasteiger charge is 2.20. The minimum Gasteiger partial charge on any atom is -0.240 e. The van der Waals surface area contributed by atoms with Gasteiger partial charge in [0.05, 0.1) is 0 Å². The molecular weight excluding hydrogens is 208 g/mol. The Morgan fingerprint density at radius 3 is 2.35 bits per heavy atom. The molecule has 1 rings (SSSR count). The maximum Gasteiger partial charge on any atom is 0.133 e. The molecule has 0 fully saturated rings. The third-order valence-corrected chi connectivity index (χ3v) is 3.20. The molecular formula is C15H26N2. The minimum atomic E-state index is 0.0382. The van der Waals surface area contributed by atoms with Gasteiger partial charge in [0.15, 0.2) is 0 Å². The van der Waals surface area contributed by atoms with Crippen LogP contribution in [-0.2, 0) is 11.8 Å². The predicted octanol–water partition coefficient (Wildman–Crippen LogP) is 4.24. The second-order valence-electron chi connectivity index (χ2n) is 5.90. The van der Waals surface area contributed by atoms with E-state index < -0.39 is 0 Å². The lowest BCUT2D eigenvalue weighted by atomic mass is 9.93. The Kier molecular flexibility index (Phi) is 4.67. The molecule has 1 aromatic heterocycles. The molecule has 96 valence electrons. The predicted molar refractivity (Wildman–Crippen MR) is 73.4 cm³/mol. The van der Waals surface area contributed by atoms with E-state index >= 15 is 0 Å². The number of hydrogen-bond acceptors (Lipinski definition) is 2. The number of aromatic nitrogens is 2. The van der Waals surface area contributed by atoms with Crippen molar-refractivity contribution in [3.05, 3.63) is 23.3 Å². The first-order valence-electron chi connectivity index (χ1n) is 6.76. The van der Waals surface area contributed by atoms with E-state index in [0.717, 1.165) is 25.1 Å². The zero-order chi connectivity index (χ0) is 13.1. The average Bonchev–Trinajstić information content (AvgIpc) is 2.27. The van der Waals surface area contributed by atoms with Crippen molar-refractivity contribution in [2.45, 2.75) is 72.1 Å². The van der Waals surface area contributed by atoms with Gasteiger partial charge in [-0.15, -0.1) is 0 Å². The second kappa shape index (κ2) is 5.61. The zero-order valence-corrected chi connectivity index (χ0v) is 12.2. The largest absolute Gasteiger partial charge is 0.240 e. The molecule has 0 radical (unpaired) electrons. The van der Waals surface area contributed by atoms with Crippen LogP contribution in [0.15, 0.2) is 6.20 Å². The average molecular weight is 234 g/mol. The van der Waals surface area contributed by atoms with Crippen LogP contribution < -0.4 is 0 Å². The number of rotatable bonds is 4. The number of hydrogen-bond donors (Lipinski definition) is 0. The Morgan fingerprint density at radius 2 is 1.88 bits per heavy atom. The van der Waals surface area contributed by atoms with E-state index in [1.165, 1.54) is 11.3 Å².